The average molecular weight is 354 g/mol. The van der Waals surface area contributed by atoms with Crippen molar-refractivity contribution in [1.29, 1.82) is 0 Å². The molecule has 10 heteroatoms. The molecule has 0 aliphatic carbocycles. The molecule has 3 aromatic rings. The Morgan fingerprint density at radius 3 is 2.42 bits per heavy atom. The van der Waals surface area contributed by atoms with Gasteiger partial charge in [0.2, 0.25) is 6.79 Å². The van der Waals surface area contributed by atoms with Gasteiger partial charge in [-0.3, -0.25) is 0 Å². The average Bonchev–Trinajstić information content (AvgIpc) is 3.22. The Kier molecular flexibility index (Phi) is 3.77. The molecule has 0 unspecified atom stereocenters. The number of ether oxygens (including phenoxy) is 2. The molecule has 0 radical (unpaired) electrons. The molecule has 1 aliphatic rings. The molecule has 2 N–H and O–H groups in total. The fraction of sp³-hybridized carbons (Fsp3) is 0.125. The lowest BCUT2D eigenvalue weighted by Crippen LogP contribution is -2.22. The Bertz CT molecular complexity index is 1020. The van der Waals surface area contributed by atoms with E-state index in [1.54, 1.807) is 42.5 Å². The zero-order valence-electron chi connectivity index (χ0n) is 13.7. The highest BCUT2D eigenvalue weighted by molar-refractivity contribution is 6.00. The lowest BCUT2D eigenvalue weighted by Gasteiger charge is -2.08. The number of anilines is 2. The third-order valence-corrected chi connectivity index (χ3v) is 3.72. The van der Waals surface area contributed by atoms with Gasteiger partial charge < -0.3 is 20.1 Å². The Hall–Kier alpha value is -3.82. The number of tetrazole rings is 1. The van der Waals surface area contributed by atoms with Crippen LogP contribution in [0.1, 0.15) is 0 Å². The van der Waals surface area contributed by atoms with Crippen molar-refractivity contribution in [3.05, 3.63) is 52.9 Å². The molecule has 132 valence electrons. The first kappa shape index (κ1) is 15.7. The summed E-state index contributed by atoms with van der Waals surface area (Å²) in [6.45, 7) is 0.173. The Morgan fingerprint density at radius 1 is 1.00 bits per heavy atom. The molecule has 1 aromatic heterocycles. The zero-order valence-corrected chi connectivity index (χ0v) is 13.7. The quantitative estimate of drug-likeness (QED) is 0.734. The minimum atomic E-state index is -0.409. The summed E-state index contributed by atoms with van der Waals surface area (Å²) < 4.78 is 12.8. The third kappa shape index (κ3) is 2.95. The summed E-state index contributed by atoms with van der Waals surface area (Å²) in [4.78, 5) is 23.9. The van der Waals surface area contributed by atoms with Crippen LogP contribution in [0, 0.1) is 0 Å². The number of carbonyl (C=O) groups is 1. The van der Waals surface area contributed by atoms with Crippen molar-refractivity contribution in [2.75, 3.05) is 17.4 Å². The number of hydrogen-bond acceptors (Lipinski definition) is 6. The predicted molar refractivity (Wildman–Crippen MR) is 91.8 cm³/mol. The number of rotatable bonds is 3. The van der Waals surface area contributed by atoms with Gasteiger partial charge in [0.15, 0.2) is 11.5 Å². The lowest BCUT2D eigenvalue weighted by molar-refractivity contribution is 0.174. The van der Waals surface area contributed by atoms with E-state index in [1.165, 1.54) is 7.05 Å². The van der Waals surface area contributed by atoms with Gasteiger partial charge in [0.05, 0.1) is 5.69 Å². The number of fused-ring (bicyclic) bond motifs is 1. The highest BCUT2D eigenvalue weighted by Crippen LogP contribution is 2.34. The standard InChI is InChI=1S/C16H14N6O4/c1-21-16(24)22(20-19-21)12-5-2-10(3-6-12)17-15(23)18-11-4-7-13-14(8-11)26-9-25-13/h2-8H,9H2,1H3,(H2,17,18,23). The normalized spacial score (nSPS) is 12.0. The molecule has 10 nitrogen and oxygen atoms in total. The van der Waals surface area contributed by atoms with Crippen LogP contribution < -0.4 is 25.8 Å². The zero-order chi connectivity index (χ0) is 18.1. The van der Waals surface area contributed by atoms with Gasteiger partial charge in [-0.2, -0.15) is 9.36 Å². The van der Waals surface area contributed by atoms with E-state index in [9.17, 15) is 9.59 Å². The molecule has 0 atom stereocenters. The van der Waals surface area contributed by atoms with Gasteiger partial charge in [-0.15, -0.1) is 0 Å². The minimum absolute atomic E-state index is 0.173. The van der Waals surface area contributed by atoms with Crippen molar-refractivity contribution in [2.45, 2.75) is 0 Å². The SMILES string of the molecule is Cn1nnn(-c2ccc(NC(=O)Nc3ccc4c(c3)OCO4)cc2)c1=O. The van der Waals surface area contributed by atoms with E-state index in [1.807, 2.05) is 0 Å². The third-order valence-electron chi connectivity index (χ3n) is 3.72. The first-order chi connectivity index (χ1) is 12.6. The number of nitrogens with one attached hydrogen (secondary N) is 2. The van der Waals surface area contributed by atoms with E-state index < -0.39 is 6.03 Å². The number of benzene rings is 2. The molecular formula is C16H14N6O4. The predicted octanol–water partition coefficient (Wildman–Crippen LogP) is 1.34. The molecule has 0 saturated carbocycles. The van der Waals surface area contributed by atoms with Crippen LogP contribution in [0.2, 0.25) is 0 Å². The van der Waals surface area contributed by atoms with Crippen LogP contribution in [0.5, 0.6) is 11.5 Å². The highest BCUT2D eigenvalue weighted by Gasteiger charge is 2.14. The van der Waals surface area contributed by atoms with Gasteiger partial charge in [-0.1, -0.05) is 0 Å². The fourth-order valence-electron chi connectivity index (χ4n) is 2.43. The second kappa shape index (κ2) is 6.24. The van der Waals surface area contributed by atoms with Crippen molar-refractivity contribution >= 4 is 17.4 Å². The smallest absolute Gasteiger partial charge is 0.368 e. The van der Waals surface area contributed by atoms with Gasteiger partial charge in [0.25, 0.3) is 0 Å². The van der Waals surface area contributed by atoms with Gasteiger partial charge in [0.1, 0.15) is 0 Å². The maximum Gasteiger partial charge on any atom is 0.368 e. The minimum Gasteiger partial charge on any atom is -0.454 e. The van der Waals surface area contributed by atoms with E-state index in [0.717, 1.165) is 9.36 Å². The molecule has 2 amide bonds. The number of hydrogen-bond donors (Lipinski definition) is 2. The van der Waals surface area contributed by atoms with Crippen molar-refractivity contribution in [1.82, 2.24) is 19.8 Å². The van der Waals surface area contributed by atoms with Crippen molar-refractivity contribution in [3.8, 4) is 17.2 Å². The van der Waals surface area contributed by atoms with Crippen LogP contribution in [0.25, 0.3) is 5.69 Å². The van der Waals surface area contributed by atoms with E-state index in [-0.39, 0.29) is 12.5 Å². The fourth-order valence-corrected chi connectivity index (χ4v) is 2.43. The van der Waals surface area contributed by atoms with Gasteiger partial charge in [0, 0.05) is 24.5 Å². The number of urea groups is 1. The number of nitrogens with zero attached hydrogens (tertiary/aromatic N) is 4. The van der Waals surface area contributed by atoms with Crippen LogP contribution in [0.15, 0.2) is 47.3 Å². The second-order valence-corrected chi connectivity index (χ2v) is 5.49. The van der Waals surface area contributed by atoms with Gasteiger partial charge in [-0.05, 0) is 46.8 Å². The van der Waals surface area contributed by atoms with E-state index in [0.29, 0.717) is 28.6 Å². The van der Waals surface area contributed by atoms with E-state index in [2.05, 4.69) is 21.1 Å². The number of amides is 2. The van der Waals surface area contributed by atoms with Crippen LogP contribution in [0.3, 0.4) is 0 Å². The summed E-state index contributed by atoms with van der Waals surface area (Å²) in [5.41, 5.74) is 1.33. The van der Waals surface area contributed by atoms with Crippen LogP contribution in [-0.2, 0) is 7.05 Å². The summed E-state index contributed by atoms with van der Waals surface area (Å²) in [5, 5.41) is 12.8. The molecule has 0 fully saturated rings. The van der Waals surface area contributed by atoms with E-state index in [4.69, 9.17) is 9.47 Å². The Labute approximate surface area is 146 Å². The first-order valence-corrected chi connectivity index (χ1v) is 7.67. The van der Waals surface area contributed by atoms with E-state index >= 15 is 0 Å². The van der Waals surface area contributed by atoms with Gasteiger partial charge >= 0.3 is 11.7 Å². The number of carbonyl (C=O) groups excluding carboxylic acids is 1. The monoisotopic (exact) mass is 354 g/mol. The summed E-state index contributed by atoms with van der Waals surface area (Å²) >= 11 is 0. The molecule has 2 aromatic carbocycles. The number of aryl methyl sites for hydroxylation is 1. The van der Waals surface area contributed by atoms with Crippen LogP contribution in [-0.4, -0.2) is 32.6 Å². The topological polar surface area (TPSA) is 112 Å². The summed E-state index contributed by atoms with van der Waals surface area (Å²) in [5.74, 6) is 1.23. The Balaban J connectivity index is 1.43. The van der Waals surface area contributed by atoms with Crippen molar-refractivity contribution in [2.24, 2.45) is 7.05 Å². The lowest BCUT2D eigenvalue weighted by atomic mass is 10.2. The maximum absolute atomic E-state index is 12.1. The van der Waals surface area contributed by atoms with Crippen molar-refractivity contribution < 1.29 is 14.3 Å². The first-order valence-electron chi connectivity index (χ1n) is 7.67. The van der Waals surface area contributed by atoms with Crippen LogP contribution in [0.4, 0.5) is 16.2 Å². The van der Waals surface area contributed by atoms with Crippen LogP contribution >= 0.6 is 0 Å². The summed E-state index contributed by atoms with van der Waals surface area (Å²) in [6, 6.07) is 11.4. The molecule has 0 saturated heterocycles. The molecule has 0 bridgehead atoms. The molecular weight excluding hydrogens is 340 g/mol. The van der Waals surface area contributed by atoms with Gasteiger partial charge in [-0.25, -0.2) is 9.59 Å². The van der Waals surface area contributed by atoms with Crippen molar-refractivity contribution in [3.63, 3.8) is 0 Å². The Morgan fingerprint density at radius 2 is 1.69 bits per heavy atom. The second-order valence-electron chi connectivity index (χ2n) is 5.49. The molecule has 4 rings (SSSR count). The molecule has 0 spiro atoms. The number of aromatic nitrogens is 4. The maximum atomic E-state index is 12.1. The largest absolute Gasteiger partial charge is 0.454 e. The highest BCUT2D eigenvalue weighted by atomic mass is 16.7. The summed E-state index contributed by atoms with van der Waals surface area (Å²) in [6.07, 6.45) is 0. The molecule has 1 aliphatic heterocycles. The molecule has 26 heavy (non-hydrogen) atoms. The molecule has 2 heterocycles. The summed E-state index contributed by atoms with van der Waals surface area (Å²) in [7, 11) is 1.52.